The summed E-state index contributed by atoms with van der Waals surface area (Å²) in [5.41, 5.74) is 0.367. The summed E-state index contributed by atoms with van der Waals surface area (Å²) in [4.78, 5) is 30.9. The van der Waals surface area contributed by atoms with Gasteiger partial charge in [0.05, 0.1) is 32.4 Å². The Morgan fingerprint density at radius 2 is 1.66 bits per heavy atom. The highest BCUT2D eigenvalue weighted by Gasteiger charge is 2.36. The zero-order valence-corrected chi connectivity index (χ0v) is 21.0. The van der Waals surface area contributed by atoms with E-state index in [0.717, 1.165) is 17.7 Å². The number of hydrogen-bond acceptors (Lipinski definition) is 4. The molecule has 0 N–H and O–H groups in total. The molecule has 3 aromatic carbocycles. The average molecular weight is 527 g/mol. The van der Waals surface area contributed by atoms with Gasteiger partial charge in [-0.2, -0.15) is 13.2 Å². The number of halogens is 3. The van der Waals surface area contributed by atoms with Crippen LogP contribution in [-0.4, -0.2) is 61.1 Å². The second-order valence-corrected chi connectivity index (χ2v) is 8.97. The SMILES string of the molecule is COc1ccccc1CN(C(=O)c1cccc(C(F)(F)F)c1)C(Cc1ccccc1)C(=O)N1CCOCC1. The maximum absolute atomic E-state index is 14.0. The maximum Gasteiger partial charge on any atom is 0.416 e. The van der Waals surface area contributed by atoms with Crippen LogP contribution in [0, 0.1) is 0 Å². The van der Waals surface area contributed by atoms with Gasteiger partial charge < -0.3 is 19.3 Å². The van der Waals surface area contributed by atoms with Gasteiger partial charge in [0, 0.05) is 30.6 Å². The Labute approximate surface area is 219 Å². The molecule has 9 heteroatoms. The number of para-hydroxylation sites is 1. The van der Waals surface area contributed by atoms with Gasteiger partial charge in [-0.05, 0) is 29.8 Å². The molecule has 3 aromatic rings. The molecule has 0 aromatic heterocycles. The topological polar surface area (TPSA) is 59.1 Å². The lowest BCUT2D eigenvalue weighted by molar-refractivity contribution is -0.140. The van der Waals surface area contributed by atoms with E-state index in [1.165, 1.54) is 24.1 Å². The van der Waals surface area contributed by atoms with Crippen LogP contribution in [0.3, 0.4) is 0 Å². The molecule has 1 fully saturated rings. The summed E-state index contributed by atoms with van der Waals surface area (Å²) in [6, 6.07) is 19.6. The van der Waals surface area contributed by atoms with Gasteiger partial charge in [0.2, 0.25) is 5.91 Å². The van der Waals surface area contributed by atoms with Crippen LogP contribution >= 0.6 is 0 Å². The molecule has 1 unspecified atom stereocenters. The van der Waals surface area contributed by atoms with Gasteiger partial charge in [0.1, 0.15) is 11.8 Å². The number of methoxy groups -OCH3 is 1. The second kappa shape index (κ2) is 12.1. The quantitative estimate of drug-likeness (QED) is 0.422. The fourth-order valence-electron chi connectivity index (χ4n) is 4.50. The van der Waals surface area contributed by atoms with Crippen LogP contribution in [0.25, 0.3) is 0 Å². The number of carbonyl (C=O) groups is 2. The normalized spacial score (nSPS) is 14.6. The van der Waals surface area contributed by atoms with Crippen molar-refractivity contribution >= 4 is 11.8 Å². The van der Waals surface area contributed by atoms with E-state index in [0.29, 0.717) is 37.6 Å². The molecular formula is C29H29F3N2O4. The molecule has 6 nitrogen and oxygen atoms in total. The standard InChI is InChI=1S/C29H29F3N2O4/c1-37-26-13-6-5-10-23(26)20-34(27(35)22-11-7-12-24(19-22)29(30,31)32)25(18-21-8-3-2-4-9-21)28(36)33-14-16-38-17-15-33/h2-13,19,25H,14-18,20H2,1H3. The highest BCUT2D eigenvalue weighted by Crippen LogP contribution is 2.31. The first-order chi connectivity index (χ1) is 18.3. The van der Waals surface area contributed by atoms with Crippen LogP contribution < -0.4 is 4.74 Å². The van der Waals surface area contributed by atoms with Crippen molar-refractivity contribution in [3.63, 3.8) is 0 Å². The number of alkyl halides is 3. The Kier molecular flexibility index (Phi) is 8.68. The van der Waals surface area contributed by atoms with Crippen molar-refractivity contribution < 1.29 is 32.2 Å². The van der Waals surface area contributed by atoms with Gasteiger partial charge in [-0.3, -0.25) is 9.59 Å². The van der Waals surface area contributed by atoms with Gasteiger partial charge in [-0.25, -0.2) is 0 Å². The van der Waals surface area contributed by atoms with Gasteiger partial charge in [-0.1, -0.05) is 54.6 Å². The number of ether oxygens (including phenoxy) is 2. The van der Waals surface area contributed by atoms with E-state index in [-0.39, 0.29) is 24.4 Å². The smallest absolute Gasteiger partial charge is 0.416 e. The van der Waals surface area contributed by atoms with Crippen LogP contribution in [-0.2, 0) is 28.7 Å². The van der Waals surface area contributed by atoms with E-state index < -0.39 is 23.7 Å². The molecule has 200 valence electrons. The summed E-state index contributed by atoms with van der Waals surface area (Å²) in [7, 11) is 1.50. The molecule has 1 atom stereocenters. The Morgan fingerprint density at radius 3 is 2.34 bits per heavy atom. The van der Waals surface area contributed by atoms with Gasteiger partial charge in [0.15, 0.2) is 0 Å². The highest BCUT2D eigenvalue weighted by molar-refractivity contribution is 5.98. The Bertz CT molecular complexity index is 1240. The van der Waals surface area contributed by atoms with Gasteiger partial charge in [-0.15, -0.1) is 0 Å². The molecule has 0 radical (unpaired) electrons. The molecule has 38 heavy (non-hydrogen) atoms. The fourth-order valence-corrected chi connectivity index (χ4v) is 4.50. The molecule has 4 rings (SSSR count). The number of nitrogens with zero attached hydrogens (tertiary/aromatic N) is 2. The summed E-state index contributed by atoms with van der Waals surface area (Å²) < 4.78 is 51.3. The zero-order valence-electron chi connectivity index (χ0n) is 21.0. The monoisotopic (exact) mass is 526 g/mol. The predicted molar refractivity (Wildman–Crippen MR) is 136 cm³/mol. The number of carbonyl (C=O) groups excluding carboxylic acids is 2. The fraction of sp³-hybridized carbons (Fsp3) is 0.310. The highest BCUT2D eigenvalue weighted by atomic mass is 19.4. The van der Waals surface area contributed by atoms with E-state index in [1.54, 1.807) is 29.2 Å². The van der Waals surface area contributed by atoms with Crippen molar-refractivity contribution in [1.82, 2.24) is 9.80 Å². The molecule has 1 saturated heterocycles. The maximum atomic E-state index is 14.0. The minimum atomic E-state index is -4.61. The number of morpholine rings is 1. The molecule has 1 aliphatic heterocycles. The summed E-state index contributed by atoms with van der Waals surface area (Å²) in [6.07, 6.45) is -4.42. The minimum absolute atomic E-state index is 0.0350. The first-order valence-corrected chi connectivity index (χ1v) is 12.3. The lowest BCUT2D eigenvalue weighted by atomic mass is 10.00. The molecule has 0 spiro atoms. The van der Waals surface area contributed by atoms with Crippen molar-refractivity contribution in [1.29, 1.82) is 0 Å². The van der Waals surface area contributed by atoms with Crippen LogP contribution in [0.2, 0.25) is 0 Å². The Morgan fingerprint density at radius 1 is 0.974 bits per heavy atom. The zero-order chi connectivity index (χ0) is 27.1. The van der Waals surface area contributed by atoms with E-state index >= 15 is 0 Å². The minimum Gasteiger partial charge on any atom is -0.496 e. The van der Waals surface area contributed by atoms with Crippen molar-refractivity contribution in [3.8, 4) is 5.75 Å². The van der Waals surface area contributed by atoms with Crippen LogP contribution in [0.4, 0.5) is 13.2 Å². The third kappa shape index (κ3) is 6.52. The van der Waals surface area contributed by atoms with Crippen molar-refractivity contribution in [3.05, 3.63) is 101 Å². The molecule has 2 amide bonds. The average Bonchev–Trinajstić information content (AvgIpc) is 2.95. The molecule has 0 aliphatic carbocycles. The van der Waals surface area contributed by atoms with Crippen molar-refractivity contribution in [2.45, 2.75) is 25.2 Å². The third-order valence-corrected chi connectivity index (χ3v) is 6.49. The largest absolute Gasteiger partial charge is 0.496 e. The van der Waals surface area contributed by atoms with E-state index in [4.69, 9.17) is 9.47 Å². The molecule has 1 heterocycles. The lowest BCUT2D eigenvalue weighted by Crippen LogP contribution is -2.54. The van der Waals surface area contributed by atoms with Crippen molar-refractivity contribution in [2.24, 2.45) is 0 Å². The third-order valence-electron chi connectivity index (χ3n) is 6.49. The van der Waals surface area contributed by atoms with E-state index in [9.17, 15) is 22.8 Å². The Balaban J connectivity index is 1.79. The van der Waals surface area contributed by atoms with Crippen LogP contribution in [0.15, 0.2) is 78.9 Å². The lowest BCUT2D eigenvalue weighted by Gasteiger charge is -2.36. The molecular weight excluding hydrogens is 497 g/mol. The summed E-state index contributed by atoms with van der Waals surface area (Å²) in [5.74, 6) is -0.455. The summed E-state index contributed by atoms with van der Waals surface area (Å²) in [6.45, 7) is 1.44. The van der Waals surface area contributed by atoms with E-state index in [2.05, 4.69) is 0 Å². The molecule has 0 saturated carbocycles. The first kappa shape index (κ1) is 27.2. The summed E-state index contributed by atoms with van der Waals surface area (Å²) >= 11 is 0. The van der Waals surface area contributed by atoms with Crippen LogP contribution in [0.1, 0.15) is 27.0 Å². The molecule has 0 bridgehead atoms. The number of benzene rings is 3. The number of amides is 2. The van der Waals surface area contributed by atoms with Crippen LogP contribution in [0.5, 0.6) is 5.75 Å². The second-order valence-electron chi connectivity index (χ2n) is 8.97. The first-order valence-electron chi connectivity index (χ1n) is 12.3. The predicted octanol–water partition coefficient (Wildman–Crippen LogP) is 4.83. The van der Waals surface area contributed by atoms with Gasteiger partial charge in [0.25, 0.3) is 5.91 Å². The molecule has 1 aliphatic rings. The number of hydrogen-bond donors (Lipinski definition) is 0. The summed E-state index contributed by atoms with van der Waals surface area (Å²) in [5, 5.41) is 0. The number of rotatable bonds is 8. The van der Waals surface area contributed by atoms with Crippen molar-refractivity contribution in [2.75, 3.05) is 33.4 Å². The van der Waals surface area contributed by atoms with Gasteiger partial charge >= 0.3 is 6.18 Å². The van der Waals surface area contributed by atoms with E-state index in [1.807, 2.05) is 30.3 Å². The Hall–Kier alpha value is -3.85.